The monoisotopic (exact) mass is 253 g/mol. The van der Waals surface area contributed by atoms with E-state index in [1.807, 2.05) is 0 Å². The van der Waals surface area contributed by atoms with Gasteiger partial charge in [0.2, 0.25) is 0 Å². The van der Waals surface area contributed by atoms with Gasteiger partial charge in [0.05, 0.1) is 0 Å². The van der Waals surface area contributed by atoms with Crippen LogP contribution in [0.5, 0.6) is 0 Å². The molecule has 0 unspecified atom stereocenters. The van der Waals surface area contributed by atoms with Crippen LogP contribution in [0.1, 0.15) is 4.11 Å². The van der Waals surface area contributed by atoms with Gasteiger partial charge in [-0.2, -0.15) is 0 Å². The summed E-state index contributed by atoms with van der Waals surface area (Å²) in [7, 11) is -4.08. The number of pyridine rings is 1. The molecule has 0 amide bonds. The first-order valence-corrected chi connectivity index (χ1v) is 5.14. The lowest BCUT2D eigenvalue weighted by Gasteiger charge is -1.99. The highest BCUT2D eigenvalue weighted by molar-refractivity contribution is 9.10. The molecule has 1 aromatic heterocycles. The molecular weight excluding hydrogens is 244 g/mol. The van der Waals surface area contributed by atoms with Gasteiger partial charge >= 0.3 is 0 Å². The quantitative estimate of drug-likeness (QED) is 0.847. The molecule has 6 heteroatoms. The maximum absolute atomic E-state index is 11.4. The Morgan fingerprint density at radius 1 is 1.67 bits per heavy atom. The molecule has 1 aromatic rings. The highest BCUT2D eigenvalue weighted by Gasteiger charge is 2.11. The van der Waals surface area contributed by atoms with Crippen LogP contribution in [0.3, 0.4) is 0 Å². The van der Waals surface area contributed by atoms with Crippen molar-refractivity contribution < 1.29 is 12.5 Å². The minimum Gasteiger partial charge on any atom is -0.242 e. The molecule has 0 fully saturated rings. The maximum Gasteiger partial charge on any atom is 0.257 e. The first kappa shape index (κ1) is 6.06. The zero-order chi connectivity index (χ0) is 11.7. The number of nitrogens with zero attached hydrogens (tertiary/aromatic N) is 1. The Morgan fingerprint density at radius 2 is 2.42 bits per heavy atom. The Bertz CT molecular complexity index is 442. The first-order chi connectivity index (χ1) is 6.71. The lowest BCUT2D eigenvalue weighted by atomic mass is 10.5. The van der Waals surface area contributed by atoms with Crippen molar-refractivity contribution in [3.05, 3.63) is 22.8 Å². The van der Waals surface area contributed by atoms with Gasteiger partial charge in [-0.25, -0.2) is 18.1 Å². The predicted octanol–water partition coefficient (Wildman–Crippen LogP) is 0.752. The number of hydrogen-bond donors (Lipinski definition) is 1. The molecule has 66 valence electrons. The first-order valence-electron chi connectivity index (χ1n) is 4.36. The predicted molar refractivity (Wildman–Crippen MR) is 48.2 cm³/mol. The Labute approximate surface area is 83.4 Å². The number of hydrogen-bond acceptors (Lipinski definition) is 3. The van der Waals surface area contributed by atoms with Crippen LogP contribution in [0.4, 0.5) is 0 Å². The minimum atomic E-state index is -4.08. The number of aromatic nitrogens is 1. The molecule has 0 aliphatic carbocycles. The lowest BCUT2D eigenvalue weighted by Crippen LogP contribution is -2.19. The van der Waals surface area contributed by atoms with Crippen molar-refractivity contribution in [1.29, 1.82) is 0 Å². The molecule has 12 heavy (non-hydrogen) atoms. The fourth-order valence-corrected chi connectivity index (χ4v) is 1.35. The van der Waals surface area contributed by atoms with Gasteiger partial charge in [0.25, 0.3) is 10.0 Å². The second kappa shape index (κ2) is 3.51. The van der Waals surface area contributed by atoms with Crippen LogP contribution in [0.25, 0.3) is 0 Å². The molecule has 1 rings (SSSR count). The zero-order valence-corrected chi connectivity index (χ0v) is 8.18. The van der Waals surface area contributed by atoms with Crippen molar-refractivity contribution >= 4 is 26.0 Å². The molecular formula is C6H7BrN2O2S. The van der Waals surface area contributed by atoms with Crippen LogP contribution >= 0.6 is 15.9 Å². The largest absolute Gasteiger partial charge is 0.257 e. The second-order valence-electron chi connectivity index (χ2n) is 1.92. The van der Waals surface area contributed by atoms with Crippen LogP contribution < -0.4 is 4.72 Å². The van der Waals surface area contributed by atoms with Crippen molar-refractivity contribution in [3.8, 4) is 0 Å². The van der Waals surface area contributed by atoms with E-state index in [1.54, 1.807) is 0 Å². The van der Waals surface area contributed by atoms with E-state index in [4.69, 9.17) is 4.11 Å². The molecule has 0 spiro atoms. The van der Waals surface area contributed by atoms with Gasteiger partial charge in [-0.1, -0.05) is 0 Å². The zero-order valence-electron chi connectivity index (χ0n) is 8.78. The van der Waals surface area contributed by atoms with E-state index in [0.717, 1.165) is 0 Å². The van der Waals surface area contributed by atoms with Gasteiger partial charge in [-0.05, 0) is 35.0 Å². The van der Waals surface area contributed by atoms with Crippen LogP contribution in [0.15, 0.2) is 27.8 Å². The van der Waals surface area contributed by atoms with E-state index >= 15 is 0 Å². The Kier molecular flexibility index (Phi) is 1.77. The van der Waals surface area contributed by atoms with Gasteiger partial charge in [0.1, 0.15) is 0 Å². The van der Waals surface area contributed by atoms with E-state index in [2.05, 4.69) is 20.9 Å². The third kappa shape index (κ3) is 2.02. The fourth-order valence-electron chi connectivity index (χ4n) is 0.573. The Hall–Kier alpha value is -0.460. The second-order valence-corrected chi connectivity index (χ2v) is 4.47. The van der Waals surface area contributed by atoms with Gasteiger partial charge in [-0.3, -0.25) is 0 Å². The van der Waals surface area contributed by atoms with Crippen molar-refractivity contribution in [2.45, 2.75) is 5.03 Å². The molecule has 1 heterocycles. The minimum absolute atomic E-state index is 0.332. The Morgan fingerprint density at radius 3 is 2.92 bits per heavy atom. The van der Waals surface area contributed by atoms with E-state index in [1.165, 1.54) is 23.1 Å². The third-order valence-electron chi connectivity index (χ3n) is 1.11. The SMILES string of the molecule is [2H]C([2H])([2H])NS(=O)(=O)c1ccc(Br)cn1. The molecule has 0 aliphatic heterocycles. The van der Waals surface area contributed by atoms with E-state index in [0.29, 0.717) is 4.47 Å². The van der Waals surface area contributed by atoms with Gasteiger partial charge in [0.15, 0.2) is 5.03 Å². The average Bonchev–Trinajstić information content (AvgIpc) is 2.00. The van der Waals surface area contributed by atoms with Gasteiger partial charge in [-0.15, -0.1) is 0 Å². The number of rotatable bonds is 2. The van der Waals surface area contributed by atoms with Crippen molar-refractivity contribution in [2.24, 2.45) is 0 Å². The molecule has 0 bridgehead atoms. The molecule has 0 saturated heterocycles. The summed E-state index contributed by atoms with van der Waals surface area (Å²) < 4.78 is 45.3. The normalized spacial score (nSPS) is 16.2. The molecule has 0 radical (unpaired) electrons. The van der Waals surface area contributed by atoms with Crippen LogP contribution in [-0.4, -0.2) is 20.4 Å². The van der Waals surface area contributed by atoms with Gasteiger partial charge < -0.3 is 0 Å². The summed E-state index contributed by atoms with van der Waals surface area (Å²) in [5.41, 5.74) is 0. The van der Waals surface area contributed by atoms with Crippen LogP contribution in [0, 0.1) is 0 Å². The molecule has 4 nitrogen and oxygen atoms in total. The summed E-state index contributed by atoms with van der Waals surface area (Å²) >= 11 is 3.08. The summed E-state index contributed by atoms with van der Waals surface area (Å²) in [6.07, 6.45) is 1.27. The third-order valence-corrected chi connectivity index (χ3v) is 2.64. The Balaban J connectivity index is 3.02. The molecule has 0 aromatic carbocycles. The van der Waals surface area contributed by atoms with E-state index < -0.39 is 17.0 Å². The standard InChI is InChI=1S/C6H7BrN2O2S/c1-8-12(10,11)6-3-2-5(7)4-9-6/h2-4,8H,1H3/i1D3. The lowest BCUT2D eigenvalue weighted by molar-refractivity contribution is 0.584. The molecule has 0 atom stereocenters. The average molecular weight is 254 g/mol. The maximum atomic E-state index is 11.4. The molecule has 1 N–H and O–H groups in total. The summed E-state index contributed by atoms with van der Waals surface area (Å²) in [5, 5.41) is -0.332. The molecule has 0 saturated carbocycles. The van der Waals surface area contributed by atoms with E-state index in [-0.39, 0.29) is 5.03 Å². The highest BCUT2D eigenvalue weighted by Crippen LogP contribution is 2.10. The topological polar surface area (TPSA) is 59.1 Å². The van der Waals surface area contributed by atoms with Crippen molar-refractivity contribution in [3.63, 3.8) is 0 Å². The smallest absolute Gasteiger partial charge is 0.242 e. The highest BCUT2D eigenvalue weighted by atomic mass is 79.9. The van der Waals surface area contributed by atoms with Crippen molar-refractivity contribution in [2.75, 3.05) is 6.98 Å². The summed E-state index contributed by atoms with van der Waals surface area (Å²) in [4.78, 5) is 3.59. The number of nitrogens with one attached hydrogen (secondary N) is 1. The number of sulfonamides is 1. The summed E-state index contributed by atoms with van der Waals surface area (Å²) in [5.74, 6) is 0. The van der Waals surface area contributed by atoms with Crippen molar-refractivity contribution in [1.82, 2.24) is 9.71 Å². The summed E-state index contributed by atoms with van der Waals surface area (Å²) in [6.45, 7) is -2.76. The fraction of sp³-hybridized carbons (Fsp3) is 0.167. The number of halogens is 1. The van der Waals surface area contributed by atoms with Crippen LogP contribution in [0.2, 0.25) is 0 Å². The van der Waals surface area contributed by atoms with E-state index in [9.17, 15) is 8.42 Å². The van der Waals surface area contributed by atoms with Crippen LogP contribution in [-0.2, 0) is 10.0 Å². The molecule has 0 aliphatic rings. The van der Waals surface area contributed by atoms with Gasteiger partial charge in [0, 0.05) is 14.8 Å². The summed E-state index contributed by atoms with van der Waals surface area (Å²) in [6, 6.07) is 2.67.